The van der Waals surface area contributed by atoms with E-state index in [1.165, 1.54) is 0 Å². The molecule has 1 atom stereocenters. The van der Waals surface area contributed by atoms with E-state index in [9.17, 15) is 27.5 Å². The van der Waals surface area contributed by atoms with Gasteiger partial charge in [0.1, 0.15) is 5.75 Å². The number of hydrogen-bond acceptors (Lipinski definition) is 4. The van der Waals surface area contributed by atoms with Gasteiger partial charge in [0.25, 0.3) is 12.9 Å². The van der Waals surface area contributed by atoms with Gasteiger partial charge in [0.2, 0.25) is 11.6 Å². The maximum atomic E-state index is 13.1. The normalized spacial score (nSPS) is 20.3. The van der Waals surface area contributed by atoms with Crippen molar-refractivity contribution in [1.82, 2.24) is 10.4 Å². The van der Waals surface area contributed by atoms with Gasteiger partial charge in [-0.05, 0) is 24.6 Å². The quantitative estimate of drug-likeness (QED) is 0.773. The number of halogens is 4. The summed E-state index contributed by atoms with van der Waals surface area (Å²) in [4.78, 5) is 12.2. The Bertz CT molecular complexity index is 622. The number of nitrogens with one attached hydrogen (secondary N) is 1. The van der Waals surface area contributed by atoms with Crippen LogP contribution in [0, 0.1) is 0 Å². The first-order chi connectivity index (χ1) is 11.3. The lowest BCUT2D eigenvalue weighted by molar-refractivity contribution is -0.182. The van der Waals surface area contributed by atoms with E-state index in [1.807, 2.05) is 5.43 Å². The number of nitrogens with zero attached hydrogens (tertiary/aromatic N) is 1. The highest BCUT2D eigenvalue weighted by Gasteiger charge is 2.50. The number of aliphatic hydroxyl groups is 1. The van der Waals surface area contributed by atoms with Gasteiger partial charge in [-0.2, -0.15) is 0 Å². The topological polar surface area (TPSA) is 61.8 Å². The van der Waals surface area contributed by atoms with Crippen LogP contribution in [-0.4, -0.2) is 41.2 Å². The van der Waals surface area contributed by atoms with Crippen molar-refractivity contribution in [3.05, 3.63) is 41.6 Å². The second-order valence-electron chi connectivity index (χ2n) is 5.08. The predicted octanol–water partition coefficient (Wildman–Crippen LogP) is 2.08. The number of hydrazine groups is 1. The van der Waals surface area contributed by atoms with Crippen LogP contribution < -0.4 is 10.2 Å². The molecule has 1 unspecified atom stereocenters. The third kappa shape index (κ3) is 3.61. The Labute approximate surface area is 135 Å². The number of carbonyl (C=O) groups excluding carboxylic acids is 1. The molecule has 0 aromatic heterocycles. The van der Waals surface area contributed by atoms with E-state index in [0.717, 1.165) is 0 Å². The second kappa shape index (κ2) is 7.08. The predicted molar refractivity (Wildman–Crippen MR) is 76.3 cm³/mol. The molecule has 24 heavy (non-hydrogen) atoms. The molecule has 132 valence electrons. The van der Waals surface area contributed by atoms with Crippen LogP contribution in [0.3, 0.4) is 0 Å². The minimum absolute atomic E-state index is 0.135. The Balaban J connectivity index is 2.13. The number of benzene rings is 1. The fourth-order valence-electron chi connectivity index (χ4n) is 2.20. The summed E-state index contributed by atoms with van der Waals surface area (Å²) in [5.41, 5.74) is -1.76. The highest BCUT2D eigenvalue weighted by molar-refractivity contribution is 5.80. The van der Waals surface area contributed by atoms with Crippen molar-refractivity contribution in [3.8, 4) is 5.75 Å². The average molecular weight is 348 g/mol. The van der Waals surface area contributed by atoms with E-state index < -0.39 is 30.2 Å². The fraction of sp³-hybridized carbons (Fsp3) is 0.400. The molecule has 2 rings (SSSR count). The number of amides is 1. The van der Waals surface area contributed by atoms with Gasteiger partial charge in [-0.25, -0.2) is 22.6 Å². The summed E-state index contributed by atoms with van der Waals surface area (Å²) in [6.45, 7) is 2.26. The lowest BCUT2D eigenvalue weighted by Gasteiger charge is -2.31. The summed E-state index contributed by atoms with van der Waals surface area (Å²) in [6.07, 6.45) is -6.68. The summed E-state index contributed by atoms with van der Waals surface area (Å²) in [6, 6.07) is 6.26. The van der Waals surface area contributed by atoms with Crippen molar-refractivity contribution in [1.29, 1.82) is 0 Å². The molecule has 1 aliphatic rings. The van der Waals surface area contributed by atoms with E-state index in [4.69, 9.17) is 4.74 Å². The summed E-state index contributed by atoms with van der Waals surface area (Å²) >= 11 is 0. The fourth-order valence-corrected chi connectivity index (χ4v) is 2.20. The summed E-state index contributed by atoms with van der Waals surface area (Å²) in [5, 5.41) is 10.0. The number of rotatable bonds is 6. The maximum absolute atomic E-state index is 13.1. The average Bonchev–Trinajstić information content (AvgIpc) is 2.89. The largest absolute Gasteiger partial charge is 0.494 e. The zero-order valence-electron chi connectivity index (χ0n) is 12.7. The minimum Gasteiger partial charge on any atom is -0.494 e. The van der Waals surface area contributed by atoms with E-state index >= 15 is 0 Å². The van der Waals surface area contributed by atoms with Crippen molar-refractivity contribution >= 4 is 5.91 Å². The molecule has 0 radical (unpaired) electrons. The van der Waals surface area contributed by atoms with Gasteiger partial charge in [-0.15, -0.1) is 0 Å². The van der Waals surface area contributed by atoms with Gasteiger partial charge in [-0.3, -0.25) is 10.2 Å². The monoisotopic (exact) mass is 348 g/mol. The van der Waals surface area contributed by atoms with Crippen LogP contribution in [0.1, 0.15) is 12.5 Å². The highest BCUT2D eigenvalue weighted by Crippen LogP contribution is 2.30. The standard InChI is InChI=1S/C15H16F4N2O3/c1-2-24-10-5-3-9(4-6-10)7-12(22)21-15(23,14(18)19)8-11(20-21)13(16)17/h3-6,8,13-14,20,23H,2,7H2,1H3. The van der Waals surface area contributed by atoms with E-state index in [0.29, 0.717) is 17.9 Å². The number of allylic oxidation sites excluding steroid dienone is 1. The van der Waals surface area contributed by atoms with Crippen LogP contribution in [0.25, 0.3) is 0 Å². The zero-order chi connectivity index (χ0) is 17.9. The maximum Gasteiger partial charge on any atom is 0.291 e. The Morgan fingerprint density at radius 3 is 2.42 bits per heavy atom. The summed E-state index contributed by atoms with van der Waals surface area (Å²) in [5.74, 6) is -0.410. The van der Waals surface area contributed by atoms with E-state index in [2.05, 4.69) is 0 Å². The van der Waals surface area contributed by atoms with Gasteiger partial charge in [0.05, 0.1) is 18.7 Å². The van der Waals surface area contributed by atoms with Crippen molar-refractivity contribution in [2.45, 2.75) is 31.9 Å². The number of hydrogen-bond donors (Lipinski definition) is 2. The Morgan fingerprint density at radius 2 is 1.92 bits per heavy atom. The first kappa shape index (κ1) is 18.1. The smallest absolute Gasteiger partial charge is 0.291 e. The molecule has 0 saturated heterocycles. The Morgan fingerprint density at radius 1 is 1.29 bits per heavy atom. The molecule has 1 aliphatic heterocycles. The molecular weight excluding hydrogens is 332 g/mol. The van der Waals surface area contributed by atoms with Crippen LogP contribution in [-0.2, 0) is 11.2 Å². The molecule has 2 N–H and O–H groups in total. The molecule has 1 aromatic carbocycles. The van der Waals surface area contributed by atoms with Gasteiger partial charge in [-0.1, -0.05) is 12.1 Å². The van der Waals surface area contributed by atoms with Gasteiger partial charge >= 0.3 is 0 Å². The van der Waals surface area contributed by atoms with Gasteiger partial charge < -0.3 is 9.84 Å². The van der Waals surface area contributed by atoms with E-state index in [1.54, 1.807) is 31.2 Å². The summed E-state index contributed by atoms with van der Waals surface area (Å²) < 4.78 is 56.7. The molecule has 1 heterocycles. The molecule has 0 saturated carbocycles. The van der Waals surface area contributed by atoms with Crippen molar-refractivity contribution < 1.29 is 32.2 Å². The number of ether oxygens (including phenoxy) is 1. The molecule has 5 nitrogen and oxygen atoms in total. The molecule has 1 amide bonds. The number of carbonyl (C=O) groups is 1. The van der Waals surface area contributed by atoms with Crippen LogP contribution >= 0.6 is 0 Å². The Kier molecular flexibility index (Phi) is 5.33. The molecule has 1 aromatic rings. The minimum atomic E-state index is -3.45. The van der Waals surface area contributed by atoms with Crippen molar-refractivity contribution in [2.75, 3.05) is 6.61 Å². The SMILES string of the molecule is CCOc1ccc(CC(=O)N2NC(C(F)F)=CC2(O)C(F)F)cc1. The third-order valence-electron chi connectivity index (χ3n) is 3.36. The first-order valence-corrected chi connectivity index (χ1v) is 7.10. The van der Waals surface area contributed by atoms with Crippen molar-refractivity contribution in [3.63, 3.8) is 0 Å². The molecule has 9 heteroatoms. The first-order valence-electron chi connectivity index (χ1n) is 7.10. The third-order valence-corrected chi connectivity index (χ3v) is 3.36. The molecular formula is C15H16F4N2O3. The van der Waals surface area contributed by atoms with Crippen LogP contribution in [0.4, 0.5) is 17.6 Å². The lowest BCUT2D eigenvalue weighted by atomic mass is 10.1. The zero-order valence-corrected chi connectivity index (χ0v) is 12.7. The van der Waals surface area contributed by atoms with Crippen LogP contribution in [0.2, 0.25) is 0 Å². The van der Waals surface area contributed by atoms with Gasteiger partial charge in [0.15, 0.2) is 0 Å². The second-order valence-corrected chi connectivity index (χ2v) is 5.08. The van der Waals surface area contributed by atoms with Crippen LogP contribution in [0.5, 0.6) is 5.75 Å². The highest BCUT2D eigenvalue weighted by atomic mass is 19.3. The van der Waals surface area contributed by atoms with Crippen LogP contribution in [0.15, 0.2) is 36.0 Å². The molecule has 0 bridgehead atoms. The molecule has 0 spiro atoms. The molecule has 0 fully saturated rings. The Hall–Kier alpha value is -2.29. The lowest BCUT2D eigenvalue weighted by Crippen LogP contribution is -2.57. The van der Waals surface area contributed by atoms with Gasteiger partial charge in [0, 0.05) is 6.08 Å². The van der Waals surface area contributed by atoms with Crippen molar-refractivity contribution in [2.24, 2.45) is 0 Å². The summed E-state index contributed by atoms with van der Waals surface area (Å²) in [7, 11) is 0. The number of alkyl halides is 4. The van der Waals surface area contributed by atoms with E-state index in [-0.39, 0.29) is 17.5 Å². The molecule has 0 aliphatic carbocycles.